The van der Waals surface area contributed by atoms with E-state index in [2.05, 4.69) is 15.2 Å². The van der Waals surface area contributed by atoms with Gasteiger partial charge < -0.3 is 10.1 Å². The summed E-state index contributed by atoms with van der Waals surface area (Å²) in [5, 5.41) is 2.78. The molecular weight excluding hydrogens is 305 g/mol. The molecule has 0 aromatic rings. The van der Waals surface area contributed by atoms with Crippen LogP contribution < -0.4 is 5.32 Å². The van der Waals surface area contributed by atoms with E-state index in [0.29, 0.717) is 6.42 Å². The molecule has 0 aromatic heterocycles. The van der Waals surface area contributed by atoms with Gasteiger partial charge in [-0.2, -0.15) is 0 Å². The molecule has 3 nitrogen and oxygen atoms in total. The van der Waals surface area contributed by atoms with Gasteiger partial charge in [-0.3, -0.25) is 0 Å². The van der Waals surface area contributed by atoms with E-state index in [1.54, 1.807) is 0 Å². The van der Waals surface area contributed by atoms with Crippen molar-refractivity contribution in [1.82, 2.24) is 5.32 Å². The molecule has 0 atom stereocenters. The zero-order valence-corrected chi connectivity index (χ0v) is 12.1. The Labute approximate surface area is 105 Å². The predicted molar refractivity (Wildman–Crippen MR) is 69.9 cm³/mol. The molecule has 0 aliphatic heterocycles. The second-order valence-corrected chi connectivity index (χ2v) is 5.50. The maximum Gasteiger partial charge on any atom is 0.408 e. The van der Waals surface area contributed by atoms with Gasteiger partial charge in [0, 0.05) is 34.6 Å². The Kier molecular flexibility index (Phi) is 5.43. The third-order valence-corrected chi connectivity index (χ3v) is 1.82. The molecule has 0 rings (SSSR count). The number of hydrogen-bond acceptors (Lipinski definition) is 2. The van der Waals surface area contributed by atoms with Gasteiger partial charge in [-0.25, -0.2) is 4.79 Å². The number of nitrogens with one attached hydrogen (secondary N) is 1. The van der Waals surface area contributed by atoms with E-state index in [1.807, 2.05) is 57.2 Å². The molecule has 0 fully saturated rings. The van der Waals surface area contributed by atoms with Crippen LogP contribution in [0.4, 0.5) is 4.79 Å². The van der Waals surface area contributed by atoms with Crippen molar-refractivity contribution in [3.05, 3.63) is 0 Å². The van der Waals surface area contributed by atoms with Crippen molar-refractivity contribution in [3.63, 3.8) is 0 Å². The van der Waals surface area contributed by atoms with Crippen molar-refractivity contribution < 1.29 is 9.53 Å². The van der Waals surface area contributed by atoms with Crippen LogP contribution in [-0.4, -0.2) is 17.2 Å². The summed E-state index contributed by atoms with van der Waals surface area (Å²) in [5.41, 5.74) is -0.824. The van der Waals surface area contributed by atoms with Gasteiger partial charge in [0.25, 0.3) is 0 Å². The van der Waals surface area contributed by atoms with Crippen molar-refractivity contribution in [2.45, 2.75) is 52.2 Å². The highest BCUT2D eigenvalue weighted by atomic mass is 127. The highest BCUT2D eigenvalue weighted by Crippen LogP contribution is 2.11. The lowest BCUT2D eigenvalue weighted by Crippen LogP contribution is -2.45. The molecule has 0 unspecified atom stereocenters. The molecule has 1 N–H and O–H groups in total. The summed E-state index contributed by atoms with van der Waals surface area (Å²) in [7, 11) is 0. The summed E-state index contributed by atoms with van der Waals surface area (Å²) in [6.45, 7) is 9.34. The first-order valence-corrected chi connectivity index (χ1v) is 5.84. The van der Waals surface area contributed by atoms with Crippen LogP contribution in [0, 0.1) is 9.85 Å². The minimum Gasteiger partial charge on any atom is -0.444 e. The van der Waals surface area contributed by atoms with E-state index < -0.39 is 11.7 Å². The Balaban J connectivity index is 4.20. The van der Waals surface area contributed by atoms with Gasteiger partial charge in [0.2, 0.25) is 0 Å². The first-order valence-electron chi connectivity index (χ1n) is 4.76. The Morgan fingerprint density at radius 1 is 1.33 bits per heavy atom. The van der Waals surface area contributed by atoms with Gasteiger partial charge in [-0.1, -0.05) is 5.92 Å². The van der Waals surface area contributed by atoms with Gasteiger partial charge in [-0.05, 0) is 38.5 Å². The normalized spacial score (nSPS) is 11.3. The van der Waals surface area contributed by atoms with Gasteiger partial charge in [-0.15, -0.1) is 0 Å². The lowest BCUT2D eigenvalue weighted by atomic mass is 10.0. The number of carbonyl (C=O) groups excluding carboxylic acids is 1. The van der Waals surface area contributed by atoms with Crippen LogP contribution >= 0.6 is 22.6 Å². The number of amides is 1. The average molecular weight is 323 g/mol. The molecule has 15 heavy (non-hydrogen) atoms. The zero-order chi connectivity index (χ0) is 12.1. The standard InChI is InChI=1S/C11H18INO2/c1-10(2,3)15-9(14)13-11(4,5)7-6-8-12/h7H2,1-5H3,(H,13,14). The van der Waals surface area contributed by atoms with E-state index in [0.717, 1.165) is 0 Å². The topological polar surface area (TPSA) is 38.3 Å². The molecule has 0 radical (unpaired) electrons. The number of rotatable bonds is 2. The van der Waals surface area contributed by atoms with Crippen LogP contribution in [0.2, 0.25) is 0 Å². The Hall–Kier alpha value is -0.440. The van der Waals surface area contributed by atoms with E-state index in [1.165, 1.54) is 0 Å². The number of alkyl carbamates (subject to hydrolysis) is 1. The lowest BCUT2D eigenvalue weighted by molar-refractivity contribution is 0.0474. The average Bonchev–Trinajstić information content (AvgIpc) is 1.95. The minimum atomic E-state index is -0.463. The first kappa shape index (κ1) is 14.6. The smallest absolute Gasteiger partial charge is 0.408 e. The molecule has 0 aliphatic carbocycles. The maximum absolute atomic E-state index is 11.5. The van der Waals surface area contributed by atoms with E-state index in [4.69, 9.17) is 4.74 Å². The van der Waals surface area contributed by atoms with Crippen LogP contribution in [0.15, 0.2) is 0 Å². The molecule has 1 amide bonds. The number of ether oxygens (including phenoxy) is 1. The number of halogens is 1. The minimum absolute atomic E-state index is 0.361. The summed E-state index contributed by atoms with van der Waals surface area (Å²) < 4.78 is 7.93. The van der Waals surface area contributed by atoms with Gasteiger partial charge >= 0.3 is 6.09 Å². The molecule has 0 spiro atoms. The SMILES string of the molecule is CC(C)(CC#CI)NC(=O)OC(C)(C)C. The molecule has 0 saturated carbocycles. The highest BCUT2D eigenvalue weighted by Gasteiger charge is 2.23. The van der Waals surface area contributed by atoms with Crippen molar-refractivity contribution in [2.75, 3.05) is 0 Å². The first-order chi connectivity index (χ1) is 6.66. The second-order valence-electron chi connectivity index (χ2n) is 4.96. The molecule has 0 aliphatic rings. The quantitative estimate of drug-likeness (QED) is 0.626. The fraction of sp³-hybridized carbons (Fsp3) is 0.727. The molecule has 86 valence electrons. The monoisotopic (exact) mass is 323 g/mol. The predicted octanol–water partition coefficient (Wildman–Crippen LogP) is 3.08. The van der Waals surface area contributed by atoms with Crippen molar-refractivity contribution in [2.24, 2.45) is 0 Å². The van der Waals surface area contributed by atoms with Gasteiger partial charge in [0.1, 0.15) is 5.60 Å². The fourth-order valence-electron chi connectivity index (χ4n) is 0.878. The van der Waals surface area contributed by atoms with Gasteiger partial charge in [0.05, 0.1) is 0 Å². The van der Waals surface area contributed by atoms with Crippen LogP contribution in [0.5, 0.6) is 0 Å². The molecular formula is C11H18INO2. The Morgan fingerprint density at radius 3 is 2.27 bits per heavy atom. The van der Waals surface area contributed by atoms with Gasteiger partial charge in [0.15, 0.2) is 0 Å². The summed E-state index contributed by atoms with van der Waals surface area (Å²) >= 11 is 1.98. The lowest BCUT2D eigenvalue weighted by Gasteiger charge is -2.27. The summed E-state index contributed by atoms with van der Waals surface area (Å²) in [4.78, 5) is 11.5. The molecule has 0 aromatic carbocycles. The van der Waals surface area contributed by atoms with Crippen molar-refractivity contribution >= 4 is 28.7 Å². The largest absolute Gasteiger partial charge is 0.444 e. The summed E-state index contributed by atoms with van der Waals surface area (Å²) in [5.74, 6) is 2.92. The van der Waals surface area contributed by atoms with Crippen LogP contribution in [0.1, 0.15) is 41.0 Å². The molecule has 0 saturated heterocycles. The van der Waals surface area contributed by atoms with Crippen molar-refractivity contribution in [3.8, 4) is 9.85 Å². The van der Waals surface area contributed by atoms with E-state index >= 15 is 0 Å². The highest BCUT2D eigenvalue weighted by molar-refractivity contribution is 14.1. The molecule has 0 bridgehead atoms. The maximum atomic E-state index is 11.5. The summed E-state index contributed by atoms with van der Waals surface area (Å²) in [6.07, 6.45) is 0.206. The zero-order valence-electron chi connectivity index (χ0n) is 9.90. The van der Waals surface area contributed by atoms with Crippen LogP contribution in [0.3, 0.4) is 0 Å². The summed E-state index contributed by atoms with van der Waals surface area (Å²) in [6, 6.07) is 0. The third-order valence-electron chi connectivity index (χ3n) is 1.44. The molecule has 0 heterocycles. The number of carbonyl (C=O) groups is 1. The van der Waals surface area contributed by atoms with Crippen LogP contribution in [-0.2, 0) is 4.74 Å². The fourth-order valence-corrected chi connectivity index (χ4v) is 1.07. The second kappa shape index (κ2) is 5.59. The number of hydrogen-bond donors (Lipinski definition) is 1. The molecule has 4 heteroatoms. The Morgan fingerprint density at radius 2 is 1.87 bits per heavy atom. The Bertz CT molecular complexity index is 281. The van der Waals surface area contributed by atoms with E-state index in [-0.39, 0.29) is 5.54 Å². The van der Waals surface area contributed by atoms with E-state index in [9.17, 15) is 4.79 Å². The van der Waals surface area contributed by atoms with Crippen molar-refractivity contribution in [1.29, 1.82) is 0 Å². The van der Waals surface area contributed by atoms with Crippen LogP contribution in [0.25, 0.3) is 0 Å². The third kappa shape index (κ3) is 8.55.